The normalized spacial score (nSPS) is 10.4. The van der Waals surface area contributed by atoms with Gasteiger partial charge in [0.25, 0.3) is 0 Å². The van der Waals surface area contributed by atoms with Crippen LogP contribution in [0.4, 0.5) is 5.69 Å². The Kier molecular flexibility index (Phi) is 7.74. The van der Waals surface area contributed by atoms with Gasteiger partial charge in [-0.3, -0.25) is 4.79 Å². The van der Waals surface area contributed by atoms with Crippen molar-refractivity contribution in [2.24, 2.45) is 0 Å². The first-order valence-corrected chi connectivity index (χ1v) is 8.53. The summed E-state index contributed by atoms with van der Waals surface area (Å²) in [4.78, 5) is 11.8. The first kappa shape index (κ1) is 17.9. The average molecular weight is 330 g/mol. The van der Waals surface area contributed by atoms with Crippen molar-refractivity contribution in [2.45, 2.75) is 39.2 Å². The largest absolute Gasteiger partial charge is 0.494 e. The summed E-state index contributed by atoms with van der Waals surface area (Å²) in [5.41, 5.74) is 0.890. The molecule has 0 radical (unpaired) electrons. The van der Waals surface area contributed by atoms with E-state index in [1.807, 2.05) is 30.3 Å². The molecule has 0 aliphatic carbocycles. The van der Waals surface area contributed by atoms with Gasteiger partial charge in [-0.15, -0.1) is 0 Å². The second-order valence-electron chi connectivity index (χ2n) is 5.64. The van der Waals surface area contributed by atoms with Gasteiger partial charge in [0.1, 0.15) is 11.5 Å². The Morgan fingerprint density at radius 2 is 1.96 bits per heavy atom. The van der Waals surface area contributed by atoms with Gasteiger partial charge in [-0.1, -0.05) is 26.2 Å². The summed E-state index contributed by atoms with van der Waals surface area (Å²) in [5.74, 6) is 1.52. The van der Waals surface area contributed by atoms with Gasteiger partial charge in [0.15, 0.2) is 0 Å². The van der Waals surface area contributed by atoms with Crippen LogP contribution in [0.1, 0.15) is 38.4 Å². The van der Waals surface area contributed by atoms with Crippen molar-refractivity contribution < 1.29 is 13.9 Å². The van der Waals surface area contributed by atoms with Gasteiger partial charge < -0.3 is 19.8 Å². The number of benzene rings is 1. The maximum Gasteiger partial charge on any atom is 0.239 e. The van der Waals surface area contributed by atoms with Crippen LogP contribution in [0, 0.1) is 0 Å². The van der Waals surface area contributed by atoms with E-state index >= 15 is 0 Å². The Bertz CT molecular complexity index is 579. The Morgan fingerprint density at radius 3 is 2.67 bits per heavy atom. The maximum atomic E-state index is 11.8. The smallest absolute Gasteiger partial charge is 0.239 e. The minimum absolute atomic E-state index is 0.0809. The fraction of sp³-hybridized carbons (Fsp3) is 0.421. The summed E-state index contributed by atoms with van der Waals surface area (Å²) in [7, 11) is 0. The molecule has 0 unspecified atom stereocenters. The van der Waals surface area contributed by atoms with E-state index in [0.29, 0.717) is 6.54 Å². The minimum Gasteiger partial charge on any atom is -0.494 e. The third kappa shape index (κ3) is 6.77. The molecule has 5 heteroatoms. The quantitative estimate of drug-likeness (QED) is 0.612. The maximum absolute atomic E-state index is 11.8. The number of amides is 1. The number of unbranched alkanes of at least 4 members (excludes halogenated alkanes) is 3. The predicted octanol–water partition coefficient (Wildman–Crippen LogP) is 3.97. The average Bonchev–Trinajstić information content (AvgIpc) is 3.12. The second kappa shape index (κ2) is 10.4. The second-order valence-corrected chi connectivity index (χ2v) is 5.64. The van der Waals surface area contributed by atoms with Crippen LogP contribution >= 0.6 is 0 Å². The molecule has 0 saturated carbocycles. The lowest BCUT2D eigenvalue weighted by Crippen LogP contribution is -2.29. The van der Waals surface area contributed by atoms with E-state index in [4.69, 9.17) is 9.15 Å². The van der Waals surface area contributed by atoms with Crippen molar-refractivity contribution in [2.75, 3.05) is 18.5 Å². The Hall–Kier alpha value is -2.43. The van der Waals surface area contributed by atoms with Crippen molar-refractivity contribution in [3.05, 3.63) is 48.4 Å². The SMILES string of the molecule is CCCCCCOc1ccc(NCC(=O)NCc2ccco2)cc1. The molecule has 0 spiro atoms. The van der Waals surface area contributed by atoms with E-state index in [9.17, 15) is 4.79 Å². The molecule has 2 rings (SSSR count). The molecule has 1 aromatic heterocycles. The molecule has 0 fully saturated rings. The molecule has 130 valence electrons. The van der Waals surface area contributed by atoms with E-state index in [2.05, 4.69) is 17.6 Å². The topological polar surface area (TPSA) is 63.5 Å². The summed E-state index contributed by atoms with van der Waals surface area (Å²) in [6, 6.07) is 11.3. The standard InChI is InChI=1S/C19H26N2O3/c1-2-3-4-5-12-23-17-10-8-16(9-11-17)20-15-19(22)21-14-18-7-6-13-24-18/h6-11,13,20H,2-5,12,14-15H2,1H3,(H,21,22). The van der Waals surface area contributed by atoms with Crippen LogP contribution in [0.5, 0.6) is 5.75 Å². The summed E-state index contributed by atoms with van der Waals surface area (Å²) in [5, 5.41) is 5.88. The molecule has 0 aliphatic rings. The molecule has 0 atom stereocenters. The van der Waals surface area contributed by atoms with E-state index in [-0.39, 0.29) is 12.5 Å². The highest BCUT2D eigenvalue weighted by molar-refractivity contribution is 5.80. The molecule has 0 bridgehead atoms. The van der Waals surface area contributed by atoms with Crippen molar-refractivity contribution in [3.63, 3.8) is 0 Å². The van der Waals surface area contributed by atoms with E-state index in [1.165, 1.54) is 19.3 Å². The van der Waals surface area contributed by atoms with Crippen LogP contribution in [0.3, 0.4) is 0 Å². The Morgan fingerprint density at radius 1 is 1.12 bits per heavy atom. The zero-order valence-corrected chi connectivity index (χ0v) is 14.2. The summed E-state index contributed by atoms with van der Waals surface area (Å²) in [6.45, 7) is 3.57. The zero-order valence-electron chi connectivity index (χ0n) is 14.2. The number of anilines is 1. The number of carbonyl (C=O) groups excluding carboxylic acids is 1. The molecular formula is C19H26N2O3. The molecule has 5 nitrogen and oxygen atoms in total. The van der Waals surface area contributed by atoms with Gasteiger partial charge in [0.05, 0.1) is 26.0 Å². The molecule has 2 aromatic rings. The van der Waals surface area contributed by atoms with Crippen LogP contribution in [0.25, 0.3) is 0 Å². The molecule has 0 aliphatic heterocycles. The van der Waals surface area contributed by atoms with E-state index in [0.717, 1.165) is 30.2 Å². The molecule has 1 aromatic carbocycles. The highest BCUT2D eigenvalue weighted by Gasteiger charge is 2.03. The monoisotopic (exact) mass is 330 g/mol. The number of rotatable bonds is 11. The lowest BCUT2D eigenvalue weighted by atomic mass is 10.2. The highest BCUT2D eigenvalue weighted by atomic mass is 16.5. The lowest BCUT2D eigenvalue weighted by Gasteiger charge is -2.09. The van der Waals surface area contributed by atoms with Crippen molar-refractivity contribution in [1.29, 1.82) is 0 Å². The number of hydrogen-bond donors (Lipinski definition) is 2. The highest BCUT2D eigenvalue weighted by Crippen LogP contribution is 2.16. The number of carbonyl (C=O) groups is 1. The number of ether oxygens (including phenoxy) is 1. The summed E-state index contributed by atoms with van der Waals surface area (Å²) >= 11 is 0. The van der Waals surface area contributed by atoms with Gasteiger partial charge in [-0.05, 0) is 42.8 Å². The lowest BCUT2D eigenvalue weighted by molar-refractivity contribution is -0.119. The van der Waals surface area contributed by atoms with Gasteiger partial charge >= 0.3 is 0 Å². The predicted molar refractivity (Wildman–Crippen MR) is 95.1 cm³/mol. The van der Waals surface area contributed by atoms with Crippen molar-refractivity contribution >= 4 is 11.6 Å². The minimum atomic E-state index is -0.0809. The molecular weight excluding hydrogens is 304 g/mol. The number of nitrogens with one attached hydrogen (secondary N) is 2. The van der Waals surface area contributed by atoms with Gasteiger partial charge in [0.2, 0.25) is 5.91 Å². The third-order valence-electron chi connectivity index (χ3n) is 3.61. The van der Waals surface area contributed by atoms with Gasteiger partial charge in [-0.25, -0.2) is 0 Å². The van der Waals surface area contributed by atoms with Crippen LogP contribution in [0.15, 0.2) is 47.1 Å². The zero-order chi connectivity index (χ0) is 17.0. The number of furan rings is 1. The first-order valence-electron chi connectivity index (χ1n) is 8.53. The molecule has 2 N–H and O–H groups in total. The van der Waals surface area contributed by atoms with Crippen LogP contribution < -0.4 is 15.4 Å². The fourth-order valence-corrected chi connectivity index (χ4v) is 2.23. The van der Waals surface area contributed by atoms with Crippen LogP contribution in [0.2, 0.25) is 0 Å². The number of hydrogen-bond acceptors (Lipinski definition) is 4. The van der Waals surface area contributed by atoms with Crippen molar-refractivity contribution in [3.8, 4) is 5.75 Å². The van der Waals surface area contributed by atoms with Gasteiger partial charge in [0, 0.05) is 5.69 Å². The van der Waals surface area contributed by atoms with E-state index in [1.54, 1.807) is 12.3 Å². The van der Waals surface area contributed by atoms with E-state index < -0.39 is 0 Å². The molecule has 24 heavy (non-hydrogen) atoms. The van der Waals surface area contributed by atoms with Crippen LogP contribution in [-0.2, 0) is 11.3 Å². The summed E-state index contributed by atoms with van der Waals surface area (Å²) < 4.78 is 10.9. The van der Waals surface area contributed by atoms with Crippen molar-refractivity contribution in [1.82, 2.24) is 5.32 Å². The molecule has 1 amide bonds. The molecule has 0 saturated heterocycles. The van der Waals surface area contributed by atoms with Gasteiger partial charge in [-0.2, -0.15) is 0 Å². The van der Waals surface area contributed by atoms with Crippen LogP contribution in [-0.4, -0.2) is 19.1 Å². The third-order valence-corrected chi connectivity index (χ3v) is 3.61. The fourth-order valence-electron chi connectivity index (χ4n) is 2.23. The Labute approximate surface area is 143 Å². The molecule has 1 heterocycles. The first-order chi connectivity index (χ1) is 11.8. The summed E-state index contributed by atoms with van der Waals surface area (Å²) in [6.07, 6.45) is 6.38. The Balaban J connectivity index is 1.63.